The molecule has 8 heteroatoms. The van der Waals surface area contributed by atoms with Crippen LogP contribution in [0.25, 0.3) is 11.1 Å². The Morgan fingerprint density at radius 3 is 2.24 bits per heavy atom. The highest BCUT2D eigenvalue weighted by atomic mass is 32.2. The zero-order valence-corrected chi connectivity index (χ0v) is 17.3. The van der Waals surface area contributed by atoms with Crippen molar-refractivity contribution in [3.8, 4) is 11.1 Å². The summed E-state index contributed by atoms with van der Waals surface area (Å²) >= 11 is 1.15. The van der Waals surface area contributed by atoms with Gasteiger partial charge < -0.3 is 10.1 Å². The second kappa shape index (κ2) is 9.02. The number of amides is 1. The summed E-state index contributed by atoms with van der Waals surface area (Å²) in [6, 6.07) is 17.0. The highest BCUT2D eigenvalue weighted by Crippen LogP contribution is 2.36. The van der Waals surface area contributed by atoms with Gasteiger partial charge in [-0.15, -0.1) is 11.3 Å². The summed E-state index contributed by atoms with van der Waals surface area (Å²) in [6.07, 6.45) is 0. The summed E-state index contributed by atoms with van der Waals surface area (Å²) < 4.78 is 30.0. The number of nitrogens with one attached hydrogen (secondary N) is 1. The third-order valence-corrected chi connectivity index (χ3v) is 6.56. The van der Waals surface area contributed by atoms with Crippen molar-refractivity contribution in [2.24, 2.45) is 0 Å². The van der Waals surface area contributed by atoms with Crippen molar-refractivity contribution in [2.45, 2.75) is 11.8 Å². The molecule has 0 bridgehead atoms. The van der Waals surface area contributed by atoms with Gasteiger partial charge in [0.15, 0.2) is 9.84 Å². The molecule has 0 radical (unpaired) electrons. The quantitative estimate of drug-likeness (QED) is 0.573. The number of thiophene rings is 1. The van der Waals surface area contributed by atoms with Gasteiger partial charge in [0.05, 0.1) is 11.5 Å². The Morgan fingerprint density at radius 1 is 1.00 bits per heavy atom. The fourth-order valence-electron chi connectivity index (χ4n) is 2.73. The Hall–Kier alpha value is -2.97. The summed E-state index contributed by atoms with van der Waals surface area (Å²) in [7, 11) is -3.79. The van der Waals surface area contributed by atoms with Crippen LogP contribution in [0.1, 0.15) is 17.3 Å². The molecule has 0 aliphatic carbocycles. The average molecular weight is 430 g/mol. The van der Waals surface area contributed by atoms with Gasteiger partial charge in [-0.25, -0.2) is 13.2 Å². The van der Waals surface area contributed by atoms with Crippen molar-refractivity contribution < 1.29 is 22.7 Å². The molecule has 1 amide bonds. The van der Waals surface area contributed by atoms with Crippen LogP contribution < -0.4 is 5.32 Å². The van der Waals surface area contributed by atoms with E-state index in [1.807, 2.05) is 30.3 Å². The standard InChI is InChI=1S/C21H19NO5S2/c1-2-27-21(24)19-17(15-9-5-3-6-10-15)13-28-20(19)22-18(23)14-29(25,26)16-11-7-4-8-12-16/h3-13H,2,14H2,1H3,(H,22,23). The summed E-state index contributed by atoms with van der Waals surface area (Å²) in [5.74, 6) is -2.02. The zero-order valence-electron chi connectivity index (χ0n) is 15.6. The fraction of sp³-hybridized carbons (Fsp3) is 0.143. The molecule has 1 aromatic heterocycles. The molecule has 1 heterocycles. The van der Waals surface area contributed by atoms with E-state index in [1.165, 1.54) is 12.1 Å². The molecule has 6 nitrogen and oxygen atoms in total. The third kappa shape index (κ3) is 4.90. The fourth-order valence-corrected chi connectivity index (χ4v) is 4.86. The van der Waals surface area contributed by atoms with Crippen LogP contribution in [0.3, 0.4) is 0 Å². The second-order valence-electron chi connectivity index (χ2n) is 6.06. The van der Waals surface area contributed by atoms with E-state index in [-0.39, 0.29) is 22.1 Å². The molecule has 3 aromatic rings. The van der Waals surface area contributed by atoms with Crippen molar-refractivity contribution >= 4 is 38.1 Å². The van der Waals surface area contributed by atoms with Gasteiger partial charge in [-0.3, -0.25) is 4.79 Å². The lowest BCUT2D eigenvalue weighted by atomic mass is 10.0. The lowest BCUT2D eigenvalue weighted by Gasteiger charge is -2.09. The van der Waals surface area contributed by atoms with Gasteiger partial charge in [-0.1, -0.05) is 48.5 Å². The number of hydrogen-bond donors (Lipinski definition) is 1. The highest BCUT2D eigenvalue weighted by Gasteiger charge is 2.25. The molecule has 0 saturated heterocycles. The van der Waals surface area contributed by atoms with Gasteiger partial charge in [-0.05, 0) is 24.6 Å². The van der Waals surface area contributed by atoms with Gasteiger partial charge in [0, 0.05) is 10.9 Å². The summed E-state index contributed by atoms with van der Waals surface area (Å²) in [5, 5.41) is 4.56. The van der Waals surface area contributed by atoms with Gasteiger partial charge in [0.25, 0.3) is 0 Å². The first-order valence-corrected chi connectivity index (χ1v) is 11.4. The van der Waals surface area contributed by atoms with E-state index in [1.54, 1.807) is 30.5 Å². The SMILES string of the molecule is CCOC(=O)c1c(-c2ccccc2)csc1NC(=O)CS(=O)(=O)c1ccccc1. The number of hydrogen-bond acceptors (Lipinski definition) is 6. The minimum absolute atomic E-state index is 0.0666. The predicted molar refractivity (Wildman–Crippen MR) is 113 cm³/mol. The van der Waals surface area contributed by atoms with Gasteiger partial charge in [0.1, 0.15) is 16.3 Å². The maximum Gasteiger partial charge on any atom is 0.341 e. The normalized spacial score (nSPS) is 11.1. The maximum absolute atomic E-state index is 12.5. The number of carbonyl (C=O) groups is 2. The van der Waals surface area contributed by atoms with Crippen LogP contribution in [0.15, 0.2) is 70.9 Å². The Morgan fingerprint density at radius 2 is 1.62 bits per heavy atom. The molecule has 0 saturated carbocycles. The molecular formula is C21H19NO5S2. The van der Waals surface area contributed by atoms with Gasteiger partial charge in [-0.2, -0.15) is 0 Å². The van der Waals surface area contributed by atoms with Crippen molar-refractivity contribution in [3.63, 3.8) is 0 Å². The molecule has 0 spiro atoms. The van der Waals surface area contributed by atoms with Crippen LogP contribution in [0.5, 0.6) is 0 Å². The number of sulfone groups is 1. The van der Waals surface area contributed by atoms with Crippen LogP contribution in [-0.4, -0.2) is 32.7 Å². The van der Waals surface area contributed by atoms with Gasteiger partial charge >= 0.3 is 5.97 Å². The Labute approximate surface area is 173 Å². The van der Waals surface area contributed by atoms with Crippen LogP contribution in [-0.2, 0) is 19.4 Å². The molecule has 0 aliphatic heterocycles. The van der Waals surface area contributed by atoms with E-state index in [4.69, 9.17) is 4.74 Å². The average Bonchev–Trinajstić information content (AvgIpc) is 3.12. The molecule has 0 fully saturated rings. The molecule has 0 aliphatic rings. The van der Waals surface area contributed by atoms with Crippen LogP contribution in [0.2, 0.25) is 0 Å². The lowest BCUT2D eigenvalue weighted by molar-refractivity contribution is -0.113. The lowest BCUT2D eigenvalue weighted by Crippen LogP contribution is -2.23. The molecule has 0 unspecified atom stereocenters. The van der Waals surface area contributed by atoms with E-state index in [0.29, 0.717) is 5.56 Å². The van der Waals surface area contributed by atoms with Crippen LogP contribution >= 0.6 is 11.3 Å². The largest absolute Gasteiger partial charge is 0.462 e. The van der Waals surface area contributed by atoms with E-state index >= 15 is 0 Å². The van der Waals surface area contributed by atoms with E-state index in [2.05, 4.69) is 5.32 Å². The number of rotatable bonds is 7. The molecular weight excluding hydrogens is 410 g/mol. The second-order valence-corrected chi connectivity index (χ2v) is 8.93. The maximum atomic E-state index is 12.5. The Bertz CT molecular complexity index is 1110. The molecule has 1 N–H and O–H groups in total. The monoisotopic (exact) mass is 429 g/mol. The molecule has 2 aromatic carbocycles. The number of carbonyl (C=O) groups excluding carboxylic acids is 2. The number of esters is 1. The van der Waals surface area contributed by atoms with Gasteiger partial charge in [0.2, 0.25) is 5.91 Å². The Balaban J connectivity index is 1.88. The van der Waals surface area contributed by atoms with Crippen molar-refractivity contribution in [3.05, 3.63) is 71.6 Å². The molecule has 3 rings (SSSR count). The molecule has 0 atom stereocenters. The first-order chi connectivity index (χ1) is 13.9. The summed E-state index contributed by atoms with van der Waals surface area (Å²) in [6.45, 7) is 1.87. The smallest absolute Gasteiger partial charge is 0.341 e. The van der Waals surface area contributed by atoms with Crippen molar-refractivity contribution in [2.75, 3.05) is 17.7 Å². The van der Waals surface area contributed by atoms with Crippen molar-refractivity contribution in [1.29, 1.82) is 0 Å². The molecule has 150 valence electrons. The van der Waals surface area contributed by atoms with Crippen LogP contribution in [0.4, 0.5) is 5.00 Å². The Kier molecular flexibility index (Phi) is 6.46. The number of ether oxygens (including phenoxy) is 1. The van der Waals surface area contributed by atoms with E-state index in [9.17, 15) is 18.0 Å². The number of benzene rings is 2. The van der Waals surface area contributed by atoms with E-state index in [0.717, 1.165) is 16.9 Å². The number of anilines is 1. The highest BCUT2D eigenvalue weighted by molar-refractivity contribution is 7.92. The minimum Gasteiger partial charge on any atom is -0.462 e. The topological polar surface area (TPSA) is 89.5 Å². The first-order valence-electron chi connectivity index (χ1n) is 8.84. The first kappa shape index (κ1) is 20.8. The zero-order chi connectivity index (χ0) is 20.9. The minimum atomic E-state index is -3.79. The van der Waals surface area contributed by atoms with Crippen molar-refractivity contribution in [1.82, 2.24) is 0 Å². The third-order valence-electron chi connectivity index (χ3n) is 4.03. The van der Waals surface area contributed by atoms with Crippen LogP contribution in [0, 0.1) is 0 Å². The van der Waals surface area contributed by atoms with E-state index < -0.39 is 27.5 Å². The summed E-state index contributed by atoms with van der Waals surface area (Å²) in [5.41, 5.74) is 1.63. The molecule has 29 heavy (non-hydrogen) atoms. The predicted octanol–water partition coefficient (Wildman–Crippen LogP) is 4.00. The summed E-state index contributed by atoms with van der Waals surface area (Å²) in [4.78, 5) is 25.0.